The molecule has 0 radical (unpaired) electrons. The Bertz CT molecular complexity index is 2190. The van der Waals surface area contributed by atoms with Gasteiger partial charge in [-0.05, 0) is 0 Å². The van der Waals surface area contributed by atoms with Crippen molar-refractivity contribution in [3.8, 4) is 22.3 Å². The average Bonchev–Trinajstić information content (AvgIpc) is 3.43. The SMILES string of the molecule is CCC1=Cc2c(-c3cccc4ccccc34)cccc2[CH]1[Hf]1([CH]2C(CC)=Cc3c(-c4cccc5ccccc45)cccc32)[CH]2CCCC[CH]21.Cl.Cl. The monoisotopic (exact) mass is 872 g/mol. The second-order valence-corrected chi connectivity index (χ2v) is 31.8. The maximum Gasteiger partial charge on any atom is -0.147 e. The van der Waals surface area contributed by atoms with Crippen molar-refractivity contribution in [3.05, 3.63) is 155 Å². The van der Waals surface area contributed by atoms with E-state index in [1.165, 1.54) is 80.6 Å². The largest absolute Gasteiger partial charge is 0.147 e. The molecule has 2 fully saturated rings. The van der Waals surface area contributed by atoms with Crippen LogP contribution in [0.4, 0.5) is 0 Å². The molecule has 4 atom stereocenters. The molecule has 1 heterocycles. The summed E-state index contributed by atoms with van der Waals surface area (Å²) in [5.74, 6) is 0. The van der Waals surface area contributed by atoms with Gasteiger partial charge in [0.2, 0.25) is 0 Å². The molecule has 6 aromatic carbocycles. The molecule has 0 bridgehead atoms. The summed E-state index contributed by atoms with van der Waals surface area (Å²) in [6.07, 6.45) is 13.5. The zero-order valence-corrected chi connectivity index (χ0v) is 34.8. The summed E-state index contributed by atoms with van der Waals surface area (Å²) < 4.78 is 3.37. The third-order valence-electron chi connectivity index (χ3n) is 13.2. The molecule has 6 aromatic rings. The van der Waals surface area contributed by atoms with Crippen LogP contribution in [0.1, 0.15) is 82.0 Å². The van der Waals surface area contributed by atoms with Crippen LogP contribution in [0.3, 0.4) is 0 Å². The van der Waals surface area contributed by atoms with Crippen molar-refractivity contribution in [1.29, 1.82) is 0 Å². The van der Waals surface area contributed by atoms with E-state index >= 15 is 0 Å². The average molecular weight is 872 g/mol. The fourth-order valence-electron chi connectivity index (χ4n) is 11.4. The van der Waals surface area contributed by atoms with E-state index in [4.69, 9.17) is 0 Å². The molecule has 0 nitrogen and oxygen atoms in total. The zero-order chi connectivity index (χ0) is 32.7. The number of benzene rings is 6. The Labute approximate surface area is 320 Å². The second kappa shape index (κ2) is 13.6. The molecule has 1 saturated heterocycles. The van der Waals surface area contributed by atoms with Gasteiger partial charge in [-0.1, -0.05) is 0 Å². The van der Waals surface area contributed by atoms with E-state index in [0.29, 0.717) is 7.35 Å². The summed E-state index contributed by atoms with van der Waals surface area (Å²) in [6, 6.07) is 46.4. The first-order valence-corrected chi connectivity index (χ1v) is 27.2. The van der Waals surface area contributed by atoms with Crippen LogP contribution in [-0.2, 0) is 20.0 Å². The molecule has 10 rings (SSSR count). The van der Waals surface area contributed by atoms with Crippen LogP contribution in [0.5, 0.6) is 0 Å². The molecular weight excluding hydrogens is 826 g/mol. The first-order chi connectivity index (χ1) is 24.2. The Kier molecular flexibility index (Phi) is 9.31. The van der Waals surface area contributed by atoms with Gasteiger partial charge < -0.3 is 0 Å². The molecule has 0 N–H and O–H groups in total. The van der Waals surface area contributed by atoms with Gasteiger partial charge in [-0.25, -0.2) is 0 Å². The fourth-order valence-corrected chi connectivity index (χ4v) is 47.2. The topological polar surface area (TPSA) is 0 Å². The number of halogens is 2. The Morgan fingerprint density at radius 2 is 0.863 bits per heavy atom. The van der Waals surface area contributed by atoms with E-state index in [1.54, 1.807) is 22.3 Å². The Morgan fingerprint density at radius 3 is 1.31 bits per heavy atom. The van der Waals surface area contributed by atoms with Gasteiger partial charge in [-0.3, -0.25) is 0 Å². The molecule has 4 unspecified atom stereocenters. The minimum Gasteiger partial charge on any atom is -0.147 e. The summed E-state index contributed by atoms with van der Waals surface area (Å²) in [7, 11) is 0. The minimum atomic E-state index is -3.25. The van der Waals surface area contributed by atoms with Crippen molar-refractivity contribution in [1.82, 2.24) is 0 Å². The smallest absolute Gasteiger partial charge is 0.147 e. The summed E-state index contributed by atoms with van der Waals surface area (Å²) in [5.41, 5.74) is 15.6. The first-order valence-electron chi connectivity index (χ1n) is 18.9. The van der Waals surface area contributed by atoms with Crippen LogP contribution >= 0.6 is 24.8 Å². The van der Waals surface area contributed by atoms with E-state index < -0.39 is 20.0 Å². The predicted molar refractivity (Wildman–Crippen MR) is 221 cm³/mol. The van der Waals surface area contributed by atoms with E-state index in [2.05, 4.69) is 147 Å². The Morgan fingerprint density at radius 1 is 0.471 bits per heavy atom. The minimum absolute atomic E-state index is 0. The molecule has 1 aliphatic heterocycles. The van der Waals surface area contributed by atoms with Gasteiger partial charge in [0.1, 0.15) is 0 Å². The second-order valence-electron chi connectivity index (χ2n) is 15.2. The molecular formula is C48H46Cl2Hf. The molecule has 51 heavy (non-hydrogen) atoms. The maximum absolute atomic E-state index is 3.25. The van der Waals surface area contributed by atoms with E-state index in [1.807, 2.05) is 0 Å². The molecule has 0 amide bonds. The molecule has 3 aliphatic carbocycles. The normalized spacial score (nSPS) is 24.1. The zero-order valence-electron chi connectivity index (χ0n) is 29.6. The van der Waals surface area contributed by atoms with Gasteiger partial charge in [-0.15, -0.1) is 24.8 Å². The number of fused-ring (bicyclic) bond motifs is 5. The van der Waals surface area contributed by atoms with E-state index in [-0.39, 0.29) is 24.8 Å². The predicted octanol–water partition coefficient (Wildman–Crippen LogP) is 14.9. The van der Waals surface area contributed by atoms with Gasteiger partial charge in [0.25, 0.3) is 0 Å². The van der Waals surface area contributed by atoms with Crippen LogP contribution in [0, 0.1) is 0 Å². The first kappa shape index (κ1) is 34.8. The quantitative estimate of drug-likeness (QED) is 0.146. The van der Waals surface area contributed by atoms with Gasteiger partial charge in [0.15, 0.2) is 0 Å². The van der Waals surface area contributed by atoms with Gasteiger partial charge >= 0.3 is 298 Å². The number of rotatable bonds is 6. The standard InChI is InChI=1S/2C21H17.C6H10.2ClH.Hf/c2*1-2-15-13-17-9-6-12-20(21(17)14-15)19-11-5-8-16-7-3-4-10-18(16)19;1-2-4-6-5-3-1;;;/h2*3-14H,2H2,1H3;1-2H,3-6H2;2*1H;. The van der Waals surface area contributed by atoms with Crippen LogP contribution < -0.4 is 0 Å². The van der Waals surface area contributed by atoms with Crippen LogP contribution in [0.15, 0.2) is 132 Å². The fraction of sp³-hybridized carbons (Fsp3) is 0.250. The molecule has 3 heteroatoms. The molecule has 0 aromatic heterocycles. The maximum atomic E-state index is 2.70. The molecule has 1 saturated carbocycles. The summed E-state index contributed by atoms with van der Waals surface area (Å²) in [5, 5.41) is 5.40. The van der Waals surface area contributed by atoms with Crippen molar-refractivity contribution < 1.29 is 20.0 Å². The molecule has 0 spiro atoms. The van der Waals surface area contributed by atoms with Crippen molar-refractivity contribution in [2.24, 2.45) is 0 Å². The third kappa shape index (κ3) is 5.09. The Hall–Kier alpha value is -3.23. The van der Waals surface area contributed by atoms with Crippen LogP contribution in [-0.4, -0.2) is 0 Å². The van der Waals surface area contributed by atoms with Gasteiger partial charge in [0.05, 0.1) is 0 Å². The summed E-state index contributed by atoms with van der Waals surface area (Å²) in [4.78, 5) is 0. The van der Waals surface area contributed by atoms with Crippen molar-refractivity contribution in [3.63, 3.8) is 0 Å². The third-order valence-corrected chi connectivity index (χ3v) is 38.1. The Balaban J connectivity index is 0.00000187. The number of allylic oxidation sites excluding steroid dienone is 2. The number of hydrogen-bond donors (Lipinski definition) is 0. The van der Waals surface area contributed by atoms with Crippen molar-refractivity contribution in [2.75, 3.05) is 0 Å². The summed E-state index contributed by atoms with van der Waals surface area (Å²) in [6.45, 7) is 4.90. The van der Waals surface area contributed by atoms with Crippen molar-refractivity contribution in [2.45, 2.75) is 67.1 Å². The number of hydrogen-bond acceptors (Lipinski definition) is 0. The summed E-state index contributed by atoms with van der Waals surface area (Å²) >= 11 is -3.25. The molecule has 256 valence electrons. The van der Waals surface area contributed by atoms with Crippen LogP contribution in [0.2, 0.25) is 7.35 Å². The van der Waals surface area contributed by atoms with Crippen LogP contribution in [0.25, 0.3) is 56.0 Å². The van der Waals surface area contributed by atoms with Crippen molar-refractivity contribution >= 4 is 58.5 Å². The van der Waals surface area contributed by atoms with Gasteiger partial charge in [-0.2, -0.15) is 0 Å². The van der Waals surface area contributed by atoms with Gasteiger partial charge in [0, 0.05) is 0 Å². The van der Waals surface area contributed by atoms with E-state index in [9.17, 15) is 0 Å². The van der Waals surface area contributed by atoms with E-state index in [0.717, 1.165) is 20.2 Å². The molecule has 4 aliphatic rings.